The van der Waals surface area contributed by atoms with Crippen molar-refractivity contribution in [2.24, 2.45) is 7.05 Å². The van der Waals surface area contributed by atoms with Crippen molar-refractivity contribution in [2.45, 2.75) is 12.8 Å². The Morgan fingerprint density at radius 1 is 1.14 bits per heavy atom. The van der Waals surface area contributed by atoms with Crippen LogP contribution in [-0.2, 0) is 7.05 Å². The molecule has 0 fully saturated rings. The largest absolute Gasteiger partial charge is 0.493 e. The fraction of sp³-hybridized carbons (Fsp3) is 0.190. The maximum absolute atomic E-state index is 6.01. The van der Waals surface area contributed by atoms with Gasteiger partial charge in [-0.25, -0.2) is 9.97 Å². The molecule has 0 aliphatic heterocycles. The Morgan fingerprint density at radius 3 is 2.79 bits per heavy atom. The van der Waals surface area contributed by atoms with E-state index in [-0.39, 0.29) is 5.92 Å². The minimum atomic E-state index is 0.261. The molecule has 4 aromatic rings. The molecule has 3 heterocycles. The minimum Gasteiger partial charge on any atom is -0.493 e. The summed E-state index contributed by atoms with van der Waals surface area (Å²) in [6, 6.07) is 11.6. The quantitative estimate of drug-likeness (QED) is 0.470. The third-order valence-corrected chi connectivity index (χ3v) is 4.74. The number of fused-ring (bicyclic) bond motifs is 1. The van der Waals surface area contributed by atoms with Crippen LogP contribution in [0.2, 0.25) is 5.15 Å². The second kappa shape index (κ2) is 7.86. The highest BCUT2D eigenvalue weighted by Crippen LogP contribution is 2.28. The Labute approximate surface area is 168 Å². The van der Waals surface area contributed by atoms with Gasteiger partial charge in [0, 0.05) is 30.7 Å². The first-order valence-corrected chi connectivity index (χ1v) is 9.35. The van der Waals surface area contributed by atoms with Gasteiger partial charge < -0.3 is 10.1 Å². The number of aromatic nitrogens is 4. The van der Waals surface area contributed by atoms with Crippen LogP contribution < -0.4 is 10.1 Å². The van der Waals surface area contributed by atoms with E-state index in [9.17, 15) is 0 Å². The third kappa shape index (κ3) is 4.07. The molecule has 0 saturated heterocycles. The molecule has 1 N–H and O–H groups in total. The molecule has 0 unspecified atom stereocenters. The van der Waals surface area contributed by atoms with Gasteiger partial charge in [0.1, 0.15) is 16.7 Å². The molecule has 0 amide bonds. The number of nitrogens with zero attached hydrogens (tertiary/aromatic N) is 4. The van der Waals surface area contributed by atoms with E-state index in [1.807, 2.05) is 49.8 Å². The molecule has 4 rings (SSSR count). The summed E-state index contributed by atoms with van der Waals surface area (Å²) in [6.07, 6.45) is 7.35. The summed E-state index contributed by atoms with van der Waals surface area (Å²) in [7, 11) is 1.92. The summed E-state index contributed by atoms with van der Waals surface area (Å²) in [5.41, 5.74) is 1.99. The molecule has 1 aromatic carbocycles. The number of hydrogen-bond acceptors (Lipinski definition) is 5. The first-order valence-electron chi connectivity index (χ1n) is 8.97. The zero-order valence-electron chi connectivity index (χ0n) is 15.6. The predicted molar refractivity (Wildman–Crippen MR) is 111 cm³/mol. The van der Waals surface area contributed by atoms with Crippen molar-refractivity contribution in [3.05, 3.63) is 71.9 Å². The molecule has 6 nitrogen and oxygen atoms in total. The third-order valence-electron chi connectivity index (χ3n) is 4.52. The SMILES string of the molecule is C[C@@H](COc1ccc2c(Nc3ccc(Cl)nc3)nccc2c1)c1cnn(C)c1. The first kappa shape index (κ1) is 18.3. The fourth-order valence-corrected chi connectivity index (χ4v) is 3.06. The second-order valence-electron chi connectivity index (χ2n) is 6.70. The molecular formula is C21H20ClN5O. The Bertz CT molecular complexity index is 1090. The zero-order chi connectivity index (χ0) is 19.5. The van der Waals surface area contributed by atoms with Crippen molar-refractivity contribution in [1.82, 2.24) is 19.7 Å². The highest BCUT2D eigenvalue weighted by atomic mass is 35.5. The average Bonchev–Trinajstić information content (AvgIpc) is 3.14. The molecule has 0 bridgehead atoms. The van der Waals surface area contributed by atoms with Gasteiger partial charge in [0.2, 0.25) is 0 Å². The topological polar surface area (TPSA) is 64.9 Å². The van der Waals surface area contributed by atoms with E-state index in [1.165, 1.54) is 0 Å². The number of rotatable bonds is 6. The van der Waals surface area contributed by atoms with Gasteiger partial charge in [0.05, 0.1) is 24.7 Å². The van der Waals surface area contributed by atoms with E-state index in [1.54, 1.807) is 23.1 Å². The van der Waals surface area contributed by atoms with Gasteiger partial charge in [-0.15, -0.1) is 0 Å². The molecule has 1 atom stereocenters. The van der Waals surface area contributed by atoms with Crippen LogP contribution in [0.5, 0.6) is 5.75 Å². The van der Waals surface area contributed by atoms with Crippen molar-refractivity contribution in [1.29, 1.82) is 0 Å². The molecule has 0 saturated carbocycles. The molecule has 7 heteroatoms. The molecule has 3 aromatic heterocycles. The lowest BCUT2D eigenvalue weighted by Crippen LogP contribution is -2.06. The van der Waals surface area contributed by atoms with Crippen LogP contribution >= 0.6 is 11.6 Å². The van der Waals surface area contributed by atoms with Crippen molar-refractivity contribution in [2.75, 3.05) is 11.9 Å². The monoisotopic (exact) mass is 393 g/mol. The Morgan fingerprint density at radius 2 is 2.04 bits per heavy atom. The Hall–Kier alpha value is -3.12. The molecular weight excluding hydrogens is 374 g/mol. The standard InChI is InChI=1S/C21H20ClN5O/c1-14(16-10-25-27(2)12-16)13-28-18-4-5-19-15(9-18)7-8-23-21(19)26-17-3-6-20(22)24-11-17/h3-12,14H,13H2,1-2H3,(H,23,26)/t14-/m0/s1. The summed E-state index contributed by atoms with van der Waals surface area (Å²) in [5.74, 6) is 1.85. The van der Waals surface area contributed by atoms with Gasteiger partial charge in [-0.05, 0) is 47.3 Å². The fourth-order valence-electron chi connectivity index (χ4n) is 2.94. The van der Waals surface area contributed by atoms with Crippen molar-refractivity contribution >= 4 is 33.9 Å². The van der Waals surface area contributed by atoms with E-state index in [0.29, 0.717) is 11.8 Å². The highest BCUT2D eigenvalue weighted by Gasteiger charge is 2.10. The molecule has 0 aliphatic rings. The number of anilines is 2. The van der Waals surface area contributed by atoms with Crippen molar-refractivity contribution in [3.8, 4) is 5.75 Å². The molecule has 0 aliphatic carbocycles. The summed E-state index contributed by atoms with van der Waals surface area (Å²) in [4.78, 5) is 8.53. The number of pyridine rings is 2. The average molecular weight is 394 g/mol. The van der Waals surface area contributed by atoms with Gasteiger partial charge in [-0.2, -0.15) is 5.10 Å². The molecule has 142 valence electrons. The minimum absolute atomic E-state index is 0.261. The summed E-state index contributed by atoms with van der Waals surface area (Å²) in [5, 5.41) is 10.0. The Kier molecular flexibility index (Phi) is 5.12. The summed E-state index contributed by atoms with van der Waals surface area (Å²) >= 11 is 5.85. The zero-order valence-corrected chi connectivity index (χ0v) is 16.4. The van der Waals surface area contributed by atoms with Crippen LogP contribution in [0.25, 0.3) is 10.8 Å². The lowest BCUT2D eigenvalue weighted by molar-refractivity contribution is 0.296. The first-order chi connectivity index (χ1) is 13.6. The van der Waals surface area contributed by atoms with Crippen LogP contribution in [0.3, 0.4) is 0 Å². The maximum atomic E-state index is 6.01. The van der Waals surface area contributed by atoms with E-state index >= 15 is 0 Å². The number of nitrogens with one attached hydrogen (secondary N) is 1. The van der Waals surface area contributed by atoms with Gasteiger partial charge >= 0.3 is 0 Å². The van der Waals surface area contributed by atoms with Crippen LogP contribution in [0.4, 0.5) is 11.5 Å². The number of benzene rings is 1. The summed E-state index contributed by atoms with van der Waals surface area (Å²) in [6.45, 7) is 2.72. The van der Waals surface area contributed by atoms with Gasteiger partial charge in [-0.3, -0.25) is 4.68 Å². The molecule has 28 heavy (non-hydrogen) atoms. The number of ether oxygens (including phenoxy) is 1. The molecule has 0 radical (unpaired) electrons. The lowest BCUT2D eigenvalue weighted by atomic mass is 10.1. The van der Waals surface area contributed by atoms with Gasteiger partial charge in [-0.1, -0.05) is 18.5 Å². The maximum Gasteiger partial charge on any atom is 0.138 e. The van der Waals surface area contributed by atoms with Crippen LogP contribution in [0.15, 0.2) is 61.2 Å². The van der Waals surface area contributed by atoms with E-state index < -0.39 is 0 Å². The number of hydrogen-bond donors (Lipinski definition) is 1. The summed E-state index contributed by atoms with van der Waals surface area (Å²) < 4.78 is 7.81. The van der Waals surface area contributed by atoms with Crippen LogP contribution in [0.1, 0.15) is 18.4 Å². The number of halogens is 1. The Balaban J connectivity index is 1.50. The van der Waals surface area contributed by atoms with E-state index in [4.69, 9.17) is 16.3 Å². The van der Waals surface area contributed by atoms with Crippen LogP contribution in [-0.4, -0.2) is 26.4 Å². The highest BCUT2D eigenvalue weighted by molar-refractivity contribution is 6.29. The van der Waals surface area contributed by atoms with Gasteiger partial charge in [0.15, 0.2) is 0 Å². The van der Waals surface area contributed by atoms with Crippen LogP contribution in [0, 0.1) is 0 Å². The predicted octanol–water partition coefficient (Wildman–Crippen LogP) is 4.94. The molecule has 0 spiro atoms. The smallest absolute Gasteiger partial charge is 0.138 e. The second-order valence-corrected chi connectivity index (χ2v) is 7.08. The van der Waals surface area contributed by atoms with Crippen molar-refractivity contribution in [3.63, 3.8) is 0 Å². The number of aryl methyl sites for hydroxylation is 1. The van der Waals surface area contributed by atoms with E-state index in [0.717, 1.165) is 33.6 Å². The van der Waals surface area contributed by atoms with E-state index in [2.05, 4.69) is 27.3 Å². The van der Waals surface area contributed by atoms with Crippen molar-refractivity contribution < 1.29 is 4.74 Å². The lowest BCUT2D eigenvalue weighted by Gasteiger charge is -2.13. The van der Waals surface area contributed by atoms with Gasteiger partial charge in [0.25, 0.3) is 0 Å². The normalized spacial score (nSPS) is 12.1.